The minimum atomic E-state index is -0.0691. The topological polar surface area (TPSA) is 86.3 Å². The maximum Gasteiger partial charge on any atom is 0.225 e. The SMILES string of the molecule is CO[C@@H]1CC[C@H](C(=O)N(C)Cc2nncn2C(C)C)C[C@H]1N. The number of nitrogens with zero attached hydrogens (tertiary/aromatic N) is 4. The fourth-order valence-corrected chi connectivity index (χ4v) is 3.11. The summed E-state index contributed by atoms with van der Waals surface area (Å²) in [5.74, 6) is 0.908. The van der Waals surface area contributed by atoms with Gasteiger partial charge in [-0.2, -0.15) is 0 Å². The van der Waals surface area contributed by atoms with E-state index in [-0.39, 0.29) is 30.0 Å². The van der Waals surface area contributed by atoms with Gasteiger partial charge in [-0.25, -0.2) is 0 Å². The van der Waals surface area contributed by atoms with Gasteiger partial charge in [-0.05, 0) is 33.1 Å². The molecule has 0 spiro atoms. The number of hydrogen-bond donors (Lipinski definition) is 1. The molecular formula is C15H27N5O2. The van der Waals surface area contributed by atoms with Crippen LogP contribution in [-0.4, -0.2) is 51.9 Å². The number of nitrogens with two attached hydrogens (primary N) is 1. The molecule has 1 amide bonds. The van der Waals surface area contributed by atoms with E-state index in [9.17, 15) is 4.79 Å². The summed E-state index contributed by atoms with van der Waals surface area (Å²) in [6.07, 6.45) is 4.12. The summed E-state index contributed by atoms with van der Waals surface area (Å²) in [5, 5.41) is 8.06. The van der Waals surface area contributed by atoms with Crippen LogP contribution >= 0.6 is 0 Å². The lowest BCUT2D eigenvalue weighted by Gasteiger charge is -2.34. The second-order valence-corrected chi connectivity index (χ2v) is 6.39. The number of carbonyl (C=O) groups excluding carboxylic acids is 1. The average Bonchev–Trinajstić information content (AvgIpc) is 2.94. The number of carbonyl (C=O) groups is 1. The first kappa shape index (κ1) is 16.9. The third-order valence-electron chi connectivity index (χ3n) is 4.44. The molecule has 7 nitrogen and oxygen atoms in total. The van der Waals surface area contributed by atoms with Gasteiger partial charge in [0.25, 0.3) is 0 Å². The van der Waals surface area contributed by atoms with Gasteiger partial charge < -0.3 is 19.9 Å². The molecule has 0 unspecified atom stereocenters. The van der Waals surface area contributed by atoms with Gasteiger partial charge >= 0.3 is 0 Å². The largest absolute Gasteiger partial charge is 0.380 e. The molecule has 0 aromatic carbocycles. The first-order chi connectivity index (χ1) is 10.4. The van der Waals surface area contributed by atoms with Crippen LogP contribution in [0.1, 0.15) is 45.0 Å². The summed E-state index contributed by atoms with van der Waals surface area (Å²) in [5.41, 5.74) is 6.10. The molecule has 7 heteroatoms. The van der Waals surface area contributed by atoms with Crippen molar-refractivity contribution in [2.75, 3.05) is 14.2 Å². The molecule has 2 rings (SSSR count). The van der Waals surface area contributed by atoms with Crippen molar-refractivity contribution < 1.29 is 9.53 Å². The van der Waals surface area contributed by atoms with Gasteiger partial charge in [0.2, 0.25) is 5.91 Å². The zero-order valence-electron chi connectivity index (χ0n) is 13.9. The fourth-order valence-electron chi connectivity index (χ4n) is 3.11. The van der Waals surface area contributed by atoms with Crippen molar-refractivity contribution in [1.29, 1.82) is 0 Å². The third-order valence-corrected chi connectivity index (χ3v) is 4.44. The predicted molar refractivity (Wildman–Crippen MR) is 83.0 cm³/mol. The van der Waals surface area contributed by atoms with Crippen LogP contribution in [0.4, 0.5) is 0 Å². The lowest BCUT2D eigenvalue weighted by Crippen LogP contribution is -2.46. The maximum absolute atomic E-state index is 12.6. The van der Waals surface area contributed by atoms with Crippen LogP contribution < -0.4 is 5.73 Å². The van der Waals surface area contributed by atoms with E-state index in [0.717, 1.165) is 18.7 Å². The number of rotatable bonds is 5. The van der Waals surface area contributed by atoms with Crippen LogP contribution in [0.25, 0.3) is 0 Å². The van der Waals surface area contributed by atoms with Crippen molar-refractivity contribution in [3.8, 4) is 0 Å². The van der Waals surface area contributed by atoms with E-state index < -0.39 is 0 Å². The Labute approximate surface area is 131 Å². The Bertz CT molecular complexity index is 502. The third kappa shape index (κ3) is 3.64. The van der Waals surface area contributed by atoms with Gasteiger partial charge in [0.15, 0.2) is 5.82 Å². The van der Waals surface area contributed by atoms with Crippen molar-refractivity contribution in [3.05, 3.63) is 12.2 Å². The number of hydrogen-bond acceptors (Lipinski definition) is 5. The normalized spacial score (nSPS) is 25.5. The number of methoxy groups -OCH3 is 1. The Hall–Kier alpha value is -1.47. The van der Waals surface area contributed by atoms with Crippen LogP contribution in [0.3, 0.4) is 0 Å². The van der Waals surface area contributed by atoms with E-state index in [2.05, 4.69) is 24.0 Å². The minimum Gasteiger partial charge on any atom is -0.380 e. The van der Waals surface area contributed by atoms with Gasteiger partial charge in [0, 0.05) is 32.2 Å². The predicted octanol–water partition coefficient (Wildman–Crippen LogP) is 0.960. The molecule has 1 saturated carbocycles. The van der Waals surface area contributed by atoms with E-state index in [1.165, 1.54) is 0 Å². The highest BCUT2D eigenvalue weighted by molar-refractivity contribution is 5.78. The summed E-state index contributed by atoms with van der Waals surface area (Å²) >= 11 is 0. The van der Waals surface area contributed by atoms with E-state index in [1.54, 1.807) is 18.3 Å². The molecule has 2 N–H and O–H groups in total. The molecule has 0 bridgehead atoms. The zero-order valence-corrected chi connectivity index (χ0v) is 13.9. The Balaban J connectivity index is 1.96. The first-order valence-electron chi connectivity index (χ1n) is 7.85. The highest BCUT2D eigenvalue weighted by atomic mass is 16.5. The van der Waals surface area contributed by atoms with E-state index in [0.29, 0.717) is 13.0 Å². The second kappa shape index (κ2) is 7.19. The zero-order chi connectivity index (χ0) is 16.3. The maximum atomic E-state index is 12.6. The summed E-state index contributed by atoms with van der Waals surface area (Å²) in [6.45, 7) is 4.61. The summed E-state index contributed by atoms with van der Waals surface area (Å²) in [7, 11) is 3.49. The Morgan fingerprint density at radius 2 is 2.27 bits per heavy atom. The van der Waals surface area contributed by atoms with E-state index >= 15 is 0 Å². The summed E-state index contributed by atoms with van der Waals surface area (Å²) in [4.78, 5) is 14.3. The Kier molecular flexibility index (Phi) is 5.52. The van der Waals surface area contributed by atoms with Crippen LogP contribution in [0.15, 0.2) is 6.33 Å². The molecule has 1 aromatic rings. The van der Waals surface area contributed by atoms with Crippen LogP contribution in [-0.2, 0) is 16.1 Å². The molecular weight excluding hydrogens is 282 g/mol. The van der Waals surface area contributed by atoms with Gasteiger partial charge in [0.05, 0.1) is 12.6 Å². The number of amides is 1. The monoisotopic (exact) mass is 309 g/mol. The van der Waals surface area contributed by atoms with Gasteiger partial charge in [-0.3, -0.25) is 4.79 Å². The minimum absolute atomic E-state index is 0.0261. The summed E-state index contributed by atoms with van der Waals surface area (Å²) < 4.78 is 7.33. The number of ether oxygens (including phenoxy) is 1. The van der Waals surface area contributed by atoms with Crippen molar-refractivity contribution in [3.63, 3.8) is 0 Å². The molecule has 0 radical (unpaired) electrons. The van der Waals surface area contributed by atoms with Gasteiger partial charge in [-0.1, -0.05) is 0 Å². The van der Waals surface area contributed by atoms with Crippen LogP contribution in [0.5, 0.6) is 0 Å². The molecule has 124 valence electrons. The highest BCUT2D eigenvalue weighted by Crippen LogP contribution is 2.27. The molecule has 1 heterocycles. The highest BCUT2D eigenvalue weighted by Gasteiger charge is 2.33. The Morgan fingerprint density at radius 3 is 2.86 bits per heavy atom. The standard InChI is InChI=1S/C15H27N5O2/c1-10(2)20-9-17-18-14(20)8-19(3)15(21)11-5-6-13(22-4)12(16)7-11/h9-13H,5-8,16H2,1-4H3/t11-,12+,13+/m0/s1. The molecule has 0 aliphatic heterocycles. The van der Waals surface area contributed by atoms with Crippen molar-refractivity contribution >= 4 is 5.91 Å². The molecule has 0 saturated heterocycles. The Morgan fingerprint density at radius 1 is 1.55 bits per heavy atom. The molecule has 1 fully saturated rings. The average molecular weight is 309 g/mol. The van der Waals surface area contributed by atoms with Crippen molar-refractivity contribution in [2.24, 2.45) is 11.7 Å². The van der Waals surface area contributed by atoms with E-state index in [4.69, 9.17) is 10.5 Å². The second-order valence-electron chi connectivity index (χ2n) is 6.39. The molecule has 22 heavy (non-hydrogen) atoms. The lowest BCUT2D eigenvalue weighted by atomic mass is 9.83. The molecule has 1 aliphatic rings. The van der Waals surface area contributed by atoms with Crippen LogP contribution in [0, 0.1) is 5.92 Å². The number of aromatic nitrogens is 3. The smallest absolute Gasteiger partial charge is 0.225 e. The fraction of sp³-hybridized carbons (Fsp3) is 0.800. The first-order valence-corrected chi connectivity index (χ1v) is 7.85. The van der Waals surface area contributed by atoms with Gasteiger partial charge in [0.1, 0.15) is 6.33 Å². The van der Waals surface area contributed by atoms with E-state index in [1.807, 2.05) is 11.6 Å². The van der Waals surface area contributed by atoms with Crippen molar-refractivity contribution in [2.45, 2.75) is 57.8 Å². The molecule has 1 aromatic heterocycles. The summed E-state index contributed by atoms with van der Waals surface area (Å²) in [6, 6.07) is 0.208. The van der Waals surface area contributed by atoms with Crippen molar-refractivity contribution in [1.82, 2.24) is 19.7 Å². The van der Waals surface area contributed by atoms with Crippen LogP contribution in [0.2, 0.25) is 0 Å². The lowest BCUT2D eigenvalue weighted by molar-refractivity contribution is -0.137. The van der Waals surface area contributed by atoms with Gasteiger partial charge in [-0.15, -0.1) is 10.2 Å². The molecule has 3 atom stereocenters. The quantitative estimate of drug-likeness (QED) is 0.875. The molecule has 1 aliphatic carbocycles.